The highest BCUT2D eigenvalue weighted by Gasteiger charge is 2.23. The number of nitrogens with zero attached hydrogens (tertiary/aromatic N) is 3. The number of esters is 1. The van der Waals surface area contributed by atoms with Gasteiger partial charge in [-0.25, -0.2) is 4.98 Å². The van der Waals surface area contributed by atoms with E-state index in [1.807, 2.05) is 0 Å². The minimum absolute atomic E-state index is 0.0284. The van der Waals surface area contributed by atoms with E-state index in [2.05, 4.69) is 9.72 Å². The van der Waals surface area contributed by atoms with E-state index >= 15 is 0 Å². The van der Waals surface area contributed by atoms with Crippen molar-refractivity contribution in [3.8, 4) is 0 Å². The number of carbonyl (C=O) groups is 1. The molecule has 0 N–H and O–H groups in total. The molecular formula is C14H18ClN3O5. The molecule has 0 radical (unpaired) electrons. The van der Waals surface area contributed by atoms with E-state index in [4.69, 9.17) is 16.3 Å². The Bertz CT molecular complexity index is 578. The van der Waals surface area contributed by atoms with Crippen LogP contribution in [0.1, 0.15) is 19.3 Å². The second kappa shape index (κ2) is 8.07. The Hall–Kier alpha value is -1.93. The van der Waals surface area contributed by atoms with Gasteiger partial charge in [0.1, 0.15) is 12.0 Å². The first-order valence-corrected chi connectivity index (χ1v) is 7.62. The third kappa shape index (κ3) is 4.77. The summed E-state index contributed by atoms with van der Waals surface area (Å²) in [7, 11) is 1.32. The van der Waals surface area contributed by atoms with Gasteiger partial charge in [0.05, 0.1) is 29.6 Å². The number of hydrogen-bond donors (Lipinski definition) is 0. The highest BCUT2D eigenvalue weighted by Crippen LogP contribution is 2.28. The van der Waals surface area contributed by atoms with Crippen molar-refractivity contribution in [2.24, 2.45) is 0 Å². The highest BCUT2D eigenvalue weighted by molar-refractivity contribution is 6.33. The number of pyridine rings is 1. The average Bonchev–Trinajstić information content (AvgIpc) is 3.04. The molecule has 9 heteroatoms. The molecule has 0 spiro atoms. The fourth-order valence-electron chi connectivity index (χ4n) is 2.40. The van der Waals surface area contributed by atoms with Crippen LogP contribution in [0, 0.1) is 10.1 Å². The molecule has 1 aromatic rings. The number of rotatable bonds is 7. The molecule has 1 fully saturated rings. The quantitative estimate of drug-likeness (QED) is 0.425. The lowest BCUT2D eigenvalue weighted by Crippen LogP contribution is -2.35. The summed E-state index contributed by atoms with van der Waals surface area (Å²) in [6.07, 6.45) is 3.25. The van der Waals surface area contributed by atoms with Crippen molar-refractivity contribution in [2.45, 2.75) is 25.4 Å². The number of nitro groups is 1. The summed E-state index contributed by atoms with van der Waals surface area (Å²) in [5.41, 5.74) is -0.177. The fourth-order valence-corrected chi connectivity index (χ4v) is 2.68. The van der Waals surface area contributed by atoms with Gasteiger partial charge in [-0.1, -0.05) is 11.6 Å². The summed E-state index contributed by atoms with van der Waals surface area (Å²) < 4.78 is 10.3. The molecule has 1 aromatic heterocycles. The zero-order valence-corrected chi connectivity index (χ0v) is 13.5. The van der Waals surface area contributed by atoms with Crippen LogP contribution in [0.4, 0.5) is 11.5 Å². The fraction of sp³-hybridized carbons (Fsp3) is 0.571. The van der Waals surface area contributed by atoms with E-state index in [0.717, 1.165) is 19.0 Å². The molecule has 0 aliphatic carbocycles. The predicted octanol–water partition coefficient (Wildman–Crippen LogP) is 2.19. The normalized spacial score (nSPS) is 17.0. The van der Waals surface area contributed by atoms with Crippen LogP contribution in [-0.2, 0) is 14.3 Å². The minimum atomic E-state index is -0.554. The summed E-state index contributed by atoms with van der Waals surface area (Å²) >= 11 is 6.14. The molecule has 1 aliphatic rings. The molecule has 0 amide bonds. The molecule has 0 saturated carbocycles. The minimum Gasteiger partial charge on any atom is -0.469 e. The highest BCUT2D eigenvalue weighted by atomic mass is 35.5. The first-order chi connectivity index (χ1) is 11.0. The van der Waals surface area contributed by atoms with Crippen LogP contribution in [0.25, 0.3) is 0 Å². The van der Waals surface area contributed by atoms with Crippen molar-refractivity contribution in [3.05, 3.63) is 27.4 Å². The average molecular weight is 344 g/mol. The maximum absolute atomic E-state index is 11.4. The van der Waals surface area contributed by atoms with Gasteiger partial charge in [0.15, 0.2) is 0 Å². The Kier molecular flexibility index (Phi) is 6.12. The van der Waals surface area contributed by atoms with Crippen LogP contribution in [0.2, 0.25) is 5.02 Å². The number of methoxy groups -OCH3 is 1. The van der Waals surface area contributed by atoms with Gasteiger partial charge in [-0.3, -0.25) is 14.9 Å². The summed E-state index contributed by atoms with van der Waals surface area (Å²) in [5, 5.41) is 10.9. The molecule has 2 heterocycles. The molecule has 1 aliphatic heterocycles. The Balaban J connectivity index is 2.17. The van der Waals surface area contributed by atoms with E-state index in [9.17, 15) is 14.9 Å². The van der Waals surface area contributed by atoms with Crippen LogP contribution < -0.4 is 4.90 Å². The molecule has 0 unspecified atom stereocenters. The Morgan fingerprint density at radius 3 is 3.00 bits per heavy atom. The van der Waals surface area contributed by atoms with Gasteiger partial charge < -0.3 is 14.4 Å². The third-order valence-electron chi connectivity index (χ3n) is 3.58. The van der Waals surface area contributed by atoms with Crippen molar-refractivity contribution < 1.29 is 19.2 Å². The summed E-state index contributed by atoms with van der Waals surface area (Å²) in [6, 6.07) is 1.25. The topological polar surface area (TPSA) is 94.8 Å². The Labute approximate surface area is 138 Å². The molecule has 1 atom stereocenters. The van der Waals surface area contributed by atoms with Crippen molar-refractivity contribution in [1.82, 2.24) is 4.98 Å². The van der Waals surface area contributed by atoms with E-state index < -0.39 is 4.92 Å². The summed E-state index contributed by atoms with van der Waals surface area (Å²) in [5.74, 6) is 0.0528. The number of hydrogen-bond acceptors (Lipinski definition) is 7. The number of aromatic nitrogens is 1. The van der Waals surface area contributed by atoms with E-state index in [-0.39, 0.29) is 29.2 Å². The van der Waals surface area contributed by atoms with Gasteiger partial charge in [-0.2, -0.15) is 0 Å². The van der Waals surface area contributed by atoms with Gasteiger partial charge in [0.25, 0.3) is 5.69 Å². The zero-order valence-electron chi connectivity index (χ0n) is 12.7. The van der Waals surface area contributed by atoms with Gasteiger partial charge in [-0.15, -0.1) is 0 Å². The number of ether oxygens (including phenoxy) is 2. The van der Waals surface area contributed by atoms with Crippen LogP contribution >= 0.6 is 11.6 Å². The van der Waals surface area contributed by atoms with Gasteiger partial charge in [-0.05, 0) is 12.8 Å². The number of halogens is 1. The molecular weight excluding hydrogens is 326 g/mol. The smallest absolute Gasteiger partial charge is 0.307 e. The SMILES string of the molecule is COC(=O)CCN(C[C@@H]1CCCO1)c1ncc([N+](=O)[O-])cc1Cl. The summed E-state index contributed by atoms with van der Waals surface area (Å²) in [6.45, 7) is 1.57. The van der Waals surface area contributed by atoms with Crippen molar-refractivity contribution in [2.75, 3.05) is 31.7 Å². The molecule has 8 nitrogen and oxygen atoms in total. The van der Waals surface area contributed by atoms with E-state index in [1.165, 1.54) is 13.2 Å². The maximum atomic E-state index is 11.4. The molecule has 23 heavy (non-hydrogen) atoms. The van der Waals surface area contributed by atoms with Gasteiger partial charge >= 0.3 is 5.97 Å². The monoisotopic (exact) mass is 343 g/mol. The molecule has 0 bridgehead atoms. The van der Waals surface area contributed by atoms with Gasteiger partial charge in [0.2, 0.25) is 0 Å². The van der Waals surface area contributed by atoms with Crippen LogP contribution in [0.15, 0.2) is 12.3 Å². The molecule has 0 aromatic carbocycles. The Morgan fingerprint density at radius 2 is 2.43 bits per heavy atom. The first kappa shape index (κ1) is 17.4. The van der Waals surface area contributed by atoms with Crippen molar-refractivity contribution in [3.63, 3.8) is 0 Å². The lowest BCUT2D eigenvalue weighted by atomic mass is 10.2. The lowest BCUT2D eigenvalue weighted by Gasteiger charge is -2.26. The van der Waals surface area contributed by atoms with Crippen molar-refractivity contribution >= 4 is 29.1 Å². The van der Waals surface area contributed by atoms with Crippen molar-refractivity contribution in [1.29, 1.82) is 0 Å². The molecule has 1 saturated heterocycles. The largest absolute Gasteiger partial charge is 0.469 e. The second-order valence-corrected chi connectivity index (χ2v) is 5.57. The summed E-state index contributed by atoms with van der Waals surface area (Å²) in [4.78, 5) is 27.5. The van der Waals surface area contributed by atoms with Crippen LogP contribution in [-0.4, -0.2) is 48.8 Å². The Morgan fingerprint density at radius 1 is 1.65 bits per heavy atom. The predicted molar refractivity (Wildman–Crippen MR) is 83.7 cm³/mol. The van der Waals surface area contributed by atoms with E-state index in [0.29, 0.717) is 25.5 Å². The number of anilines is 1. The maximum Gasteiger partial charge on any atom is 0.307 e. The first-order valence-electron chi connectivity index (χ1n) is 7.24. The molecule has 126 valence electrons. The second-order valence-electron chi connectivity index (χ2n) is 5.16. The van der Waals surface area contributed by atoms with E-state index in [1.54, 1.807) is 4.90 Å². The van der Waals surface area contributed by atoms with Crippen LogP contribution in [0.3, 0.4) is 0 Å². The zero-order chi connectivity index (χ0) is 16.8. The lowest BCUT2D eigenvalue weighted by molar-refractivity contribution is -0.385. The molecule has 2 rings (SSSR count). The number of carbonyl (C=O) groups excluding carboxylic acids is 1. The van der Waals surface area contributed by atoms with Crippen LogP contribution in [0.5, 0.6) is 0 Å². The van der Waals surface area contributed by atoms with Gasteiger partial charge in [0, 0.05) is 25.8 Å². The third-order valence-corrected chi connectivity index (χ3v) is 3.86. The standard InChI is InChI=1S/C14H18ClN3O5/c1-22-13(19)4-5-17(9-11-3-2-6-23-11)14-12(15)7-10(8-16-14)18(20)21/h7-8,11H,2-6,9H2,1H3/t11-/m0/s1.